The molecule has 70 valence electrons. The Bertz CT molecular complexity index is 329. The lowest BCUT2D eigenvalue weighted by molar-refractivity contribution is -0.116. The normalized spacial score (nSPS) is 12.5. The van der Waals surface area contributed by atoms with E-state index in [1.807, 2.05) is 0 Å². The van der Waals surface area contributed by atoms with Gasteiger partial charge in [0, 0.05) is 6.42 Å². The lowest BCUT2D eigenvalue weighted by Crippen LogP contribution is -1.96. The van der Waals surface area contributed by atoms with Crippen molar-refractivity contribution < 1.29 is 13.6 Å². The Morgan fingerprint density at radius 2 is 1.92 bits per heavy atom. The molecule has 1 unspecified atom stereocenters. The van der Waals surface area contributed by atoms with Gasteiger partial charge in [0.1, 0.15) is 5.78 Å². The number of rotatable bonds is 3. The molecule has 1 aromatic rings. The van der Waals surface area contributed by atoms with E-state index in [1.165, 1.54) is 6.92 Å². The fourth-order valence-corrected chi connectivity index (χ4v) is 1.38. The van der Waals surface area contributed by atoms with Gasteiger partial charge in [-0.15, -0.1) is 0 Å². The minimum atomic E-state index is -1.93. The van der Waals surface area contributed by atoms with Crippen LogP contribution in [-0.4, -0.2) is 14.5 Å². The van der Waals surface area contributed by atoms with E-state index in [-0.39, 0.29) is 5.78 Å². The van der Waals surface area contributed by atoms with Gasteiger partial charge in [0.25, 0.3) is 0 Å². The van der Waals surface area contributed by atoms with Crippen LogP contribution in [0, 0.1) is 0 Å². The molecule has 1 N–H and O–H groups in total. The van der Waals surface area contributed by atoms with Crippen LogP contribution in [0.25, 0.3) is 0 Å². The van der Waals surface area contributed by atoms with Crippen LogP contribution < -0.4 is 0 Å². The fraction of sp³-hybridized carbons (Fsp3) is 0.222. The number of ketones is 1. The minimum Gasteiger partial charge on any atom is -0.302 e. The predicted molar refractivity (Wildman–Crippen MR) is 49.9 cm³/mol. The van der Waals surface area contributed by atoms with Crippen molar-refractivity contribution in [1.29, 1.82) is 0 Å². The lowest BCUT2D eigenvalue weighted by atomic mass is 10.1. The average molecular weight is 198 g/mol. The van der Waals surface area contributed by atoms with Gasteiger partial charge < -0.3 is 4.55 Å². The molecule has 0 aliphatic heterocycles. The average Bonchev–Trinajstić information content (AvgIpc) is 2.04. The molecule has 4 heteroatoms. The Morgan fingerprint density at radius 1 is 1.38 bits per heavy atom. The van der Waals surface area contributed by atoms with E-state index in [9.17, 15) is 9.00 Å². The summed E-state index contributed by atoms with van der Waals surface area (Å²) in [7, 11) is 0. The van der Waals surface area contributed by atoms with E-state index in [2.05, 4.69) is 0 Å². The van der Waals surface area contributed by atoms with E-state index in [1.54, 1.807) is 24.3 Å². The zero-order chi connectivity index (χ0) is 9.84. The summed E-state index contributed by atoms with van der Waals surface area (Å²) in [5.74, 6) is 0.0814. The van der Waals surface area contributed by atoms with Crippen LogP contribution in [0.5, 0.6) is 0 Å². The molecular formula is C9H10O3S. The fourth-order valence-electron chi connectivity index (χ4n) is 1.01. The maximum Gasteiger partial charge on any atom is 0.186 e. The molecule has 0 heterocycles. The van der Waals surface area contributed by atoms with E-state index in [0.717, 1.165) is 5.56 Å². The van der Waals surface area contributed by atoms with Crippen molar-refractivity contribution in [3.8, 4) is 0 Å². The first-order chi connectivity index (χ1) is 6.09. The van der Waals surface area contributed by atoms with Gasteiger partial charge in [-0.3, -0.25) is 4.79 Å². The Hall–Kier alpha value is -1.00. The molecule has 13 heavy (non-hydrogen) atoms. The molecule has 3 nitrogen and oxygen atoms in total. The van der Waals surface area contributed by atoms with E-state index in [4.69, 9.17) is 4.55 Å². The van der Waals surface area contributed by atoms with Crippen molar-refractivity contribution >= 4 is 16.9 Å². The van der Waals surface area contributed by atoms with Gasteiger partial charge in [0.15, 0.2) is 11.1 Å². The molecule has 0 saturated heterocycles. The molecule has 0 aromatic heterocycles. The molecule has 0 bridgehead atoms. The third-order valence-corrected chi connectivity index (χ3v) is 2.25. The Labute approximate surface area is 79.1 Å². The van der Waals surface area contributed by atoms with Gasteiger partial charge in [-0.1, -0.05) is 12.1 Å². The van der Waals surface area contributed by atoms with Crippen LogP contribution in [-0.2, 0) is 22.3 Å². The topological polar surface area (TPSA) is 54.4 Å². The summed E-state index contributed by atoms with van der Waals surface area (Å²) in [5, 5.41) is 0. The number of carbonyl (C=O) groups excluding carboxylic acids is 1. The van der Waals surface area contributed by atoms with Gasteiger partial charge in [-0.05, 0) is 24.6 Å². The third kappa shape index (κ3) is 3.08. The maximum absolute atomic E-state index is 10.7. The van der Waals surface area contributed by atoms with Gasteiger partial charge in [0.05, 0.1) is 4.90 Å². The highest BCUT2D eigenvalue weighted by atomic mass is 32.2. The second-order valence-electron chi connectivity index (χ2n) is 2.77. The van der Waals surface area contributed by atoms with Crippen LogP contribution in [0.15, 0.2) is 29.2 Å². The number of carbonyl (C=O) groups is 1. The predicted octanol–water partition coefficient (Wildman–Crippen LogP) is 1.40. The Kier molecular flexibility index (Phi) is 3.33. The second-order valence-corrected chi connectivity index (χ2v) is 3.74. The molecule has 0 aliphatic carbocycles. The molecule has 0 radical (unpaired) electrons. The minimum absolute atomic E-state index is 0.0814. The van der Waals surface area contributed by atoms with E-state index < -0.39 is 11.1 Å². The molecule has 0 aliphatic rings. The number of Topliss-reactive ketones (excluding diaryl/α,β-unsaturated/α-hetero) is 1. The van der Waals surface area contributed by atoms with Crippen molar-refractivity contribution in [2.24, 2.45) is 0 Å². The Morgan fingerprint density at radius 3 is 2.31 bits per heavy atom. The number of hydrogen-bond donors (Lipinski definition) is 1. The molecule has 1 aromatic carbocycles. The maximum atomic E-state index is 10.7. The molecule has 1 atom stereocenters. The summed E-state index contributed by atoms with van der Waals surface area (Å²) in [6.45, 7) is 1.51. The number of hydrogen-bond acceptors (Lipinski definition) is 2. The van der Waals surface area contributed by atoms with Crippen LogP contribution >= 0.6 is 0 Å². The largest absolute Gasteiger partial charge is 0.302 e. The van der Waals surface area contributed by atoms with Gasteiger partial charge in [-0.25, -0.2) is 4.21 Å². The Balaban J connectivity index is 2.81. The molecule has 0 spiro atoms. The summed E-state index contributed by atoms with van der Waals surface area (Å²) in [6.07, 6.45) is 0.373. The zero-order valence-corrected chi connectivity index (χ0v) is 8.00. The first-order valence-corrected chi connectivity index (χ1v) is 4.89. The molecule has 0 amide bonds. The summed E-state index contributed by atoms with van der Waals surface area (Å²) in [6, 6.07) is 6.47. The van der Waals surface area contributed by atoms with Gasteiger partial charge >= 0.3 is 0 Å². The van der Waals surface area contributed by atoms with E-state index in [0.29, 0.717) is 11.3 Å². The summed E-state index contributed by atoms with van der Waals surface area (Å²) in [5.41, 5.74) is 0.863. The quantitative estimate of drug-likeness (QED) is 0.747. The highest BCUT2D eigenvalue weighted by molar-refractivity contribution is 7.79. The first-order valence-electron chi connectivity index (χ1n) is 3.79. The number of benzene rings is 1. The summed E-state index contributed by atoms with van der Waals surface area (Å²) >= 11 is -1.93. The van der Waals surface area contributed by atoms with Crippen molar-refractivity contribution in [3.05, 3.63) is 29.8 Å². The second kappa shape index (κ2) is 4.30. The smallest absolute Gasteiger partial charge is 0.186 e. The van der Waals surface area contributed by atoms with Gasteiger partial charge in [0.2, 0.25) is 0 Å². The highest BCUT2D eigenvalue weighted by Gasteiger charge is 2.00. The standard InChI is InChI=1S/C9H10O3S/c1-7(10)6-8-2-4-9(5-3-8)13(11)12/h2-5H,6H2,1H3,(H,11,12). The van der Waals surface area contributed by atoms with Crippen molar-refractivity contribution in [3.63, 3.8) is 0 Å². The lowest BCUT2D eigenvalue weighted by Gasteiger charge is -1.98. The molecule has 0 fully saturated rings. The van der Waals surface area contributed by atoms with Crippen LogP contribution in [0.3, 0.4) is 0 Å². The van der Waals surface area contributed by atoms with E-state index >= 15 is 0 Å². The SMILES string of the molecule is CC(=O)Cc1ccc(S(=O)O)cc1. The summed E-state index contributed by atoms with van der Waals surface area (Å²) in [4.78, 5) is 11.1. The van der Waals surface area contributed by atoms with Crippen molar-refractivity contribution in [1.82, 2.24) is 0 Å². The highest BCUT2D eigenvalue weighted by Crippen LogP contribution is 2.07. The van der Waals surface area contributed by atoms with Crippen LogP contribution in [0.4, 0.5) is 0 Å². The van der Waals surface area contributed by atoms with Crippen molar-refractivity contribution in [2.75, 3.05) is 0 Å². The molecule has 0 saturated carbocycles. The zero-order valence-electron chi connectivity index (χ0n) is 7.19. The molecular weight excluding hydrogens is 188 g/mol. The van der Waals surface area contributed by atoms with Crippen molar-refractivity contribution in [2.45, 2.75) is 18.2 Å². The third-order valence-electron chi connectivity index (χ3n) is 1.58. The monoisotopic (exact) mass is 198 g/mol. The van der Waals surface area contributed by atoms with Crippen LogP contribution in [0.2, 0.25) is 0 Å². The van der Waals surface area contributed by atoms with Gasteiger partial charge in [-0.2, -0.15) is 0 Å². The summed E-state index contributed by atoms with van der Waals surface area (Å²) < 4.78 is 19.3. The first kappa shape index (κ1) is 10.1. The van der Waals surface area contributed by atoms with Crippen LogP contribution in [0.1, 0.15) is 12.5 Å². The molecule has 1 rings (SSSR count).